The molecule has 0 saturated carbocycles. The van der Waals surface area contributed by atoms with E-state index in [2.05, 4.69) is 29.1 Å². The van der Waals surface area contributed by atoms with Crippen molar-refractivity contribution >= 4 is 62.8 Å². The van der Waals surface area contributed by atoms with Crippen molar-refractivity contribution in [3.05, 3.63) is 54.6 Å². The van der Waals surface area contributed by atoms with E-state index < -0.39 is 34.6 Å². The molecule has 3 unspecified atom stereocenters. The second-order valence-electron chi connectivity index (χ2n) is 10.2. The van der Waals surface area contributed by atoms with Gasteiger partial charge in [-0.2, -0.15) is 0 Å². The Balaban J connectivity index is 1.87. The fourth-order valence-electron chi connectivity index (χ4n) is 6.28. The molecular weight excluding hydrogens is 592 g/mol. The van der Waals surface area contributed by atoms with E-state index in [1.54, 1.807) is 40.1 Å². The van der Waals surface area contributed by atoms with Crippen LogP contribution in [0.2, 0.25) is 5.02 Å². The number of anilines is 1. The molecule has 3 heterocycles. The highest BCUT2D eigenvalue weighted by molar-refractivity contribution is 9.09. The molecule has 4 rings (SSSR count). The number of para-hydroxylation sites is 1. The van der Waals surface area contributed by atoms with Crippen molar-refractivity contribution < 1.29 is 24.2 Å². The molecular formula is C28H34BrClN2O5S. The summed E-state index contributed by atoms with van der Waals surface area (Å²) in [7, 11) is 0. The fraction of sp³-hybridized carbons (Fsp3) is 0.536. The molecule has 0 radical (unpaired) electrons. The summed E-state index contributed by atoms with van der Waals surface area (Å²) in [5, 5.41) is 10.7. The van der Waals surface area contributed by atoms with Crippen LogP contribution in [0, 0.1) is 17.8 Å². The van der Waals surface area contributed by atoms with E-state index in [1.165, 1.54) is 17.8 Å². The van der Waals surface area contributed by atoms with E-state index in [1.807, 2.05) is 13.8 Å². The SMILES string of the molecule is C=CCOC(=O)[C@H]1[C@@H]2SC3(CC2Br)C(C(=O)N(CC=C)c2ccccc2Cl)N([C@@H](CO)[C@@H](C)CC)C(=O)[C@H]13. The van der Waals surface area contributed by atoms with Gasteiger partial charge in [-0.1, -0.05) is 78.7 Å². The monoisotopic (exact) mass is 624 g/mol. The first-order valence-electron chi connectivity index (χ1n) is 12.9. The number of carbonyl (C=O) groups is 3. The predicted octanol–water partition coefficient (Wildman–Crippen LogP) is 4.46. The van der Waals surface area contributed by atoms with Gasteiger partial charge in [0.25, 0.3) is 5.91 Å². The number of likely N-dealkylation sites (tertiary alicyclic amines) is 1. The van der Waals surface area contributed by atoms with Crippen molar-refractivity contribution in [2.75, 3.05) is 24.7 Å². The van der Waals surface area contributed by atoms with Crippen LogP contribution in [0.3, 0.4) is 0 Å². The number of esters is 1. The zero-order valence-electron chi connectivity index (χ0n) is 21.6. The van der Waals surface area contributed by atoms with Crippen LogP contribution in [0.4, 0.5) is 5.69 Å². The molecule has 2 bridgehead atoms. The largest absolute Gasteiger partial charge is 0.461 e. The zero-order chi connectivity index (χ0) is 27.8. The van der Waals surface area contributed by atoms with Crippen LogP contribution in [0.15, 0.2) is 49.6 Å². The number of hydrogen-bond donors (Lipinski definition) is 1. The lowest BCUT2D eigenvalue weighted by Crippen LogP contribution is -2.59. The van der Waals surface area contributed by atoms with Crippen LogP contribution in [-0.4, -0.2) is 74.5 Å². The molecule has 3 aliphatic heterocycles. The number of thioether (sulfide) groups is 1. The maximum Gasteiger partial charge on any atom is 0.311 e. The van der Waals surface area contributed by atoms with Crippen molar-refractivity contribution in [1.82, 2.24) is 4.90 Å². The van der Waals surface area contributed by atoms with E-state index in [9.17, 15) is 19.5 Å². The minimum Gasteiger partial charge on any atom is -0.461 e. The second-order valence-corrected chi connectivity index (χ2v) is 13.3. The van der Waals surface area contributed by atoms with E-state index in [4.69, 9.17) is 16.3 Å². The molecule has 1 aromatic carbocycles. The molecule has 38 heavy (non-hydrogen) atoms. The van der Waals surface area contributed by atoms with Crippen LogP contribution in [0.5, 0.6) is 0 Å². The summed E-state index contributed by atoms with van der Waals surface area (Å²) in [5.41, 5.74) is 0.519. The first kappa shape index (κ1) is 29.2. The molecule has 206 valence electrons. The highest BCUT2D eigenvalue weighted by Crippen LogP contribution is 2.68. The number of hydrogen-bond acceptors (Lipinski definition) is 6. The third kappa shape index (κ3) is 4.63. The Kier molecular flexibility index (Phi) is 9.02. The number of rotatable bonds is 11. The molecule has 0 aromatic heterocycles. The number of benzene rings is 1. The Morgan fingerprint density at radius 3 is 2.68 bits per heavy atom. The topological polar surface area (TPSA) is 87.2 Å². The average molecular weight is 626 g/mol. The van der Waals surface area contributed by atoms with Crippen LogP contribution in [-0.2, 0) is 19.1 Å². The zero-order valence-corrected chi connectivity index (χ0v) is 24.8. The Hall–Kier alpha value is -1.81. The van der Waals surface area contributed by atoms with Crippen molar-refractivity contribution in [2.24, 2.45) is 17.8 Å². The summed E-state index contributed by atoms with van der Waals surface area (Å²) in [4.78, 5) is 45.3. The molecule has 0 aliphatic carbocycles. The Morgan fingerprint density at radius 1 is 1.37 bits per heavy atom. The molecule has 3 saturated heterocycles. The molecule has 7 nitrogen and oxygen atoms in total. The summed E-state index contributed by atoms with van der Waals surface area (Å²) in [6.07, 6.45) is 4.35. The van der Waals surface area contributed by atoms with E-state index in [-0.39, 0.29) is 47.6 Å². The van der Waals surface area contributed by atoms with Crippen molar-refractivity contribution in [2.45, 2.75) is 53.6 Å². The maximum absolute atomic E-state index is 14.6. The first-order chi connectivity index (χ1) is 18.2. The van der Waals surface area contributed by atoms with Crippen molar-refractivity contribution in [1.29, 1.82) is 0 Å². The number of halogens is 2. The number of aliphatic hydroxyl groups is 1. The summed E-state index contributed by atoms with van der Waals surface area (Å²) in [6.45, 7) is 11.4. The predicted molar refractivity (Wildman–Crippen MR) is 155 cm³/mol. The second kappa shape index (κ2) is 11.7. The van der Waals surface area contributed by atoms with Crippen LogP contribution >= 0.6 is 39.3 Å². The standard InChI is InChI=1S/C28H34BrClN2O5S/c1-5-12-31(19-11-9-8-10-18(19)30)26(35)24-28-14-17(29)23(38-28)21(27(36)37-13-6-2)22(28)25(34)32(24)20(15-33)16(4)7-3/h5-6,8-11,16-17,20-24,33H,1-2,7,12-15H2,3-4H3/t16-,17?,20-,21+,22-,23+,24?,28?/m0/s1. The number of ether oxygens (including phenoxy) is 1. The minimum absolute atomic E-state index is 0.0470. The summed E-state index contributed by atoms with van der Waals surface area (Å²) in [5.74, 6) is -2.57. The summed E-state index contributed by atoms with van der Waals surface area (Å²) in [6, 6.07) is 5.57. The van der Waals surface area contributed by atoms with Crippen LogP contribution in [0.25, 0.3) is 0 Å². The highest BCUT2D eigenvalue weighted by atomic mass is 79.9. The molecule has 3 fully saturated rings. The Bertz CT molecular complexity index is 1120. The minimum atomic E-state index is -0.908. The number of fused-ring (bicyclic) bond motifs is 1. The van der Waals surface area contributed by atoms with Crippen LogP contribution < -0.4 is 4.90 Å². The van der Waals surface area contributed by atoms with Gasteiger partial charge >= 0.3 is 5.97 Å². The highest BCUT2D eigenvalue weighted by Gasteiger charge is 2.77. The lowest BCUT2D eigenvalue weighted by atomic mass is 9.71. The van der Waals surface area contributed by atoms with Gasteiger partial charge in [-0.3, -0.25) is 14.4 Å². The van der Waals surface area contributed by atoms with Gasteiger partial charge in [0, 0.05) is 16.6 Å². The summed E-state index contributed by atoms with van der Waals surface area (Å²) >= 11 is 11.8. The molecule has 2 amide bonds. The number of carbonyl (C=O) groups excluding carboxylic acids is 3. The van der Waals surface area contributed by atoms with E-state index in [0.29, 0.717) is 23.6 Å². The summed E-state index contributed by atoms with van der Waals surface area (Å²) < 4.78 is 4.58. The van der Waals surface area contributed by atoms with E-state index in [0.717, 1.165) is 0 Å². The molecule has 1 N–H and O–H groups in total. The van der Waals surface area contributed by atoms with Gasteiger partial charge in [0.05, 0.1) is 39.9 Å². The Morgan fingerprint density at radius 2 is 2.08 bits per heavy atom. The fourth-order valence-corrected chi connectivity index (χ4v) is 10.1. The molecule has 8 atom stereocenters. The number of alkyl halides is 1. The Labute approximate surface area is 241 Å². The normalized spacial score (nSPS) is 31.0. The average Bonchev–Trinajstić information content (AvgIpc) is 3.50. The van der Waals surface area contributed by atoms with Crippen molar-refractivity contribution in [3.8, 4) is 0 Å². The molecule has 1 aromatic rings. The lowest BCUT2D eigenvalue weighted by Gasteiger charge is -2.41. The first-order valence-corrected chi connectivity index (χ1v) is 15.0. The maximum atomic E-state index is 14.6. The quantitative estimate of drug-likeness (QED) is 0.222. The molecule has 10 heteroatoms. The number of nitrogens with zero attached hydrogens (tertiary/aromatic N) is 2. The third-order valence-electron chi connectivity index (χ3n) is 8.14. The number of amides is 2. The van der Waals surface area contributed by atoms with Crippen LogP contribution in [0.1, 0.15) is 26.7 Å². The van der Waals surface area contributed by atoms with Gasteiger partial charge in [-0.05, 0) is 24.5 Å². The number of aliphatic hydroxyl groups excluding tert-OH is 1. The van der Waals surface area contributed by atoms with Gasteiger partial charge in [0.1, 0.15) is 12.6 Å². The van der Waals surface area contributed by atoms with E-state index >= 15 is 0 Å². The molecule has 1 spiro atoms. The van der Waals surface area contributed by atoms with Gasteiger partial charge in [-0.25, -0.2) is 0 Å². The molecule has 3 aliphatic rings. The van der Waals surface area contributed by atoms with Gasteiger partial charge in [-0.15, -0.1) is 18.3 Å². The lowest BCUT2D eigenvalue weighted by molar-refractivity contribution is -0.153. The smallest absolute Gasteiger partial charge is 0.311 e. The van der Waals surface area contributed by atoms with Crippen molar-refractivity contribution in [3.63, 3.8) is 0 Å². The van der Waals surface area contributed by atoms with Gasteiger partial charge < -0.3 is 19.6 Å². The van der Waals surface area contributed by atoms with Gasteiger partial charge in [0.2, 0.25) is 5.91 Å². The third-order valence-corrected chi connectivity index (χ3v) is 11.7. The van der Waals surface area contributed by atoms with Gasteiger partial charge in [0.15, 0.2) is 0 Å².